The minimum Gasteiger partial charge on any atom is -0.545 e. The lowest BCUT2D eigenvalue weighted by Crippen LogP contribution is -2.20. The largest absolute Gasteiger partial charge is 0.545 e. The highest BCUT2D eigenvalue weighted by Crippen LogP contribution is 2.35. The lowest BCUT2D eigenvalue weighted by Gasteiger charge is -2.15. The Bertz CT molecular complexity index is 578. The molecule has 5 nitrogen and oxygen atoms in total. The first kappa shape index (κ1) is 16.1. The van der Waals surface area contributed by atoms with Crippen molar-refractivity contribution in [3.05, 3.63) is 28.0 Å². The van der Waals surface area contributed by atoms with Crippen molar-refractivity contribution in [2.45, 2.75) is 33.1 Å². The molecule has 0 aromatic carbocycles. The number of amides is 1. The van der Waals surface area contributed by atoms with Gasteiger partial charge in [0.1, 0.15) is 0 Å². The Morgan fingerprint density at radius 1 is 1.25 bits per heavy atom. The number of carbonyl (C=O) groups excluding carboxylic acids is 3. The number of nitrogens with one attached hydrogen (secondary N) is 1. The van der Waals surface area contributed by atoms with Crippen LogP contribution in [0.15, 0.2) is 18.2 Å². The third kappa shape index (κ3) is 4.31. The molecule has 1 aromatic heterocycles. The van der Waals surface area contributed by atoms with Gasteiger partial charge in [0.05, 0.1) is 16.5 Å². The molecular formula is C14H16NO4S-. The van der Waals surface area contributed by atoms with E-state index in [-0.39, 0.29) is 11.2 Å². The Morgan fingerprint density at radius 3 is 2.30 bits per heavy atom. The minimum atomic E-state index is -1.45. The highest BCUT2D eigenvalue weighted by Gasteiger charge is 2.21. The average Bonchev–Trinajstić information content (AvgIpc) is 2.70. The molecule has 0 unspecified atom stereocenters. The summed E-state index contributed by atoms with van der Waals surface area (Å²) in [5.41, 5.74) is 0.263. The van der Waals surface area contributed by atoms with Gasteiger partial charge >= 0.3 is 0 Å². The zero-order chi connectivity index (χ0) is 15.5. The van der Waals surface area contributed by atoms with E-state index in [4.69, 9.17) is 0 Å². The number of carboxylic acid groups (broad SMARTS) is 1. The summed E-state index contributed by atoms with van der Waals surface area (Å²) in [5, 5.41) is 12.7. The number of Topliss-reactive ketones (excluding diaryl/α,β-unsaturated/α-hetero) is 1. The molecule has 1 rings (SSSR count). The van der Waals surface area contributed by atoms with E-state index in [0.29, 0.717) is 16.6 Å². The molecule has 0 fully saturated rings. The molecule has 20 heavy (non-hydrogen) atoms. The van der Waals surface area contributed by atoms with Crippen molar-refractivity contribution < 1.29 is 19.5 Å². The van der Waals surface area contributed by atoms with Crippen molar-refractivity contribution in [2.75, 3.05) is 5.32 Å². The standard InChI is InChI=1S/C14H17NO4S/c1-8(16)13-9(7-10(20-13)14(2,3)4)15-11(17)5-6-12(18)19/h5-7H,1-4H3,(H,15,17)(H,18,19)/p-1. The lowest BCUT2D eigenvalue weighted by atomic mass is 9.94. The van der Waals surface area contributed by atoms with Crippen molar-refractivity contribution in [1.82, 2.24) is 0 Å². The van der Waals surface area contributed by atoms with Gasteiger partial charge in [-0.15, -0.1) is 11.3 Å². The van der Waals surface area contributed by atoms with Gasteiger partial charge in [-0.05, 0) is 17.6 Å². The van der Waals surface area contributed by atoms with Crippen molar-refractivity contribution in [3.63, 3.8) is 0 Å². The first-order chi connectivity index (χ1) is 9.11. The van der Waals surface area contributed by atoms with E-state index in [0.717, 1.165) is 11.0 Å². The molecular weight excluding hydrogens is 278 g/mol. The fraction of sp³-hybridized carbons (Fsp3) is 0.357. The van der Waals surface area contributed by atoms with E-state index < -0.39 is 11.9 Å². The van der Waals surface area contributed by atoms with Crippen LogP contribution in [0.1, 0.15) is 42.2 Å². The van der Waals surface area contributed by atoms with E-state index in [1.54, 1.807) is 6.07 Å². The van der Waals surface area contributed by atoms with Gasteiger partial charge in [-0.1, -0.05) is 20.8 Å². The van der Waals surface area contributed by atoms with Crippen LogP contribution in [0.4, 0.5) is 5.69 Å². The molecule has 6 heteroatoms. The van der Waals surface area contributed by atoms with Crippen LogP contribution in [0.3, 0.4) is 0 Å². The molecule has 1 aromatic rings. The molecule has 0 saturated carbocycles. The number of thiophene rings is 1. The molecule has 0 radical (unpaired) electrons. The number of aliphatic carboxylic acids is 1. The molecule has 1 heterocycles. The normalized spacial score (nSPS) is 11.6. The van der Waals surface area contributed by atoms with Crippen LogP contribution in [-0.4, -0.2) is 17.7 Å². The Labute approximate surface area is 121 Å². The van der Waals surface area contributed by atoms with Gasteiger partial charge in [0.25, 0.3) is 0 Å². The second-order valence-electron chi connectivity index (χ2n) is 5.30. The van der Waals surface area contributed by atoms with Gasteiger partial charge in [0.2, 0.25) is 5.91 Å². The van der Waals surface area contributed by atoms with Gasteiger partial charge < -0.3 is 15.2 Å². The summed E-state index contributed by atoms with van der Waals surface area (Å²) in [6.45, 7) is 7.43. The number of carboxylic acids is 1. The maximum atomic E-state index is 11.6. The third-order valence-corrected chi connectivity index (χ3v) is 4.08. The summed E-state index contributed by atoms with van der Waals surface area (Å²) in [4.78, 5) is 34.8. The smallest absolute Gasteiger partial charge is 0.248 e. The first-order valence-electron chi connectivity index (χ1n) is 5.96. The SMILES string of the molecule is CC(=O)c1sc(C(C)(C)C)cc1NC(=O)C=CC(=O)[O-]. The molecule has 0 atom stereocenters. The molecule has 0 aliphatic rings. The lowest BCUT2D eigenvalue weighted by molar-refractivity contribution is -0.297. The topological polar surface area (TPSA) is 86.3 Å². The minimum absolute atomic E-state index is 0.140. The van der Waals surface area contributed by atoms with Crippen LogP contribution in [0.2, 0.25) is 0 Å². The van der Waals surface area contributed by atoms with Crippen LogP contribution < -0.4 is 10.4 Å². The Kier molecular flexibility index (Phi) is 4.83. The summed E-state index contributed by atoms with van der Waals surface area (Å²) in [6, 6.07) is 1.74. The number of carbonyl (C=O) groups is 3. The molecule has 108 valence electrons. The van der Waals surface area contributed by atoms with Crippen molar-refractivity contribution in [2.24, 2.45) is 0 Å². The van der Waals surface area contributed by atoms with E-state index in [2.05, 4.69) is 5.32 Å². The maximum Gasteiger partial charge on any atom is 0.248 e. The molecule has 0 saturated heterocycles. The molecule has 1 amide bonds. The van der Waals surface area contributed by atoms with Gasteiger partial charge in [-0.2, -0.15) is 0 Å². The predicted molar refractivity (Wildman–Crippen MR) is 75.8 cm³/mol. The Hall–Kier alpha value is -1.95. The highest BCUT2D eigenvalue weighted by atomic mass is 32.1. The van der Waals surface area contributed by atoms with Crippen LogP contribution in [-0.2, 0) is 15.0 Å². The Morgan fingerprint density at radius 2 is 1.85 bits per heavy atom. The fourth-order valence-electron chi connectivity index (χ4n) is 1.43. The van der Waals surface area contributed by atoms with Gasteiger partial charge in [0, 0.05) is 17.9 Å². The molecule has 1 N–H and O–H groups in total. The van der Waals surface area contributed by atoms with Gasteiger partial charge in [-0.3, -0.25) is 9.59 Å². The second kappa shape index (κ2) is 6.00. The third-order valence-electron chi connectivity index (χ3n) is 2.42. The second-order valence-corrected chi connectivity index (χ2v) is 6.35. The quantitative estimate of drug-likeness (QED) is 0.673. The van der Waals surface area contributed by atoms with Crippen LogP contribution in [0, 0.1) is 0 Å². The first-order valence-corrected chi connectivity index (χ1v) is 6.78. The summed E-state index contributed by atoms with van der Waals surface area (Å²) in [6.07, 6.45) is 1.49. The fourth-order valence-corrected chi connectivity index (χ4v) is 2.50. The number of hydrogen-bond acceptors (Lipinski definition) is 5. The number of rotatable bonds is 4. The average molecular weight is 294 g/mol. The highest BCUT2D eigenvalue weighted by molar-refractivity contribution is 7.14. The predicted octanol–water partition coefficient (Wildman–Crippen LogP) is 1.49. The molecule has 0 aliphatic heterocycles. The van der Waals surface area contributed by atoms with Crippen molar-refractivity contribution in [3.8, 4) is 0 Å². The molecule has 0 bridgehead atoms. The van der Waals surface area contributed by atoms with E-state index in [1.807, 2.05) is 20.8 Å². The Balaban J connectivity index is 3.05. The van der Waals surface area contributed by atoms with E-state index >= 15 is 0 Å². The molecule has 0 aliphatic carbocycles. The monoisotopic (exact) mass is 294 g/mol. The van der Waals surface area contributed by atoms with Gasteiger partial charge in [-0.25, -0.2) is 0 Å². The number of ketones is 1. The zero-order valence-corrected chi connectivity index (χ0v) is 12.6. The summed E-state index contributed by atoms with van der Waals surface area (Å²) in [7, 11) is 0. The van der Waals surface area contributed by atoms with Gasteiger partial charge in [0.15, 0.2) is 5.78 Å². The summed E-state index contributed by atoms with van der Waals surface area (Å²) < 4.78 is 0. The summed E-state index contributed by atoms with van der Waals surface area (Å²) >= 11 is 1.32. The van der Waals surface area contributed by atoms with Crippen LogP contribution in [0.5, 0.6) is 0 Å². The van der Waals surface area contributed by atoms with E-state index in [9.17, 15) is 19.5 Å². The summed E-state index contributed by atoms with van der Waals surface area (Å²) in [5.74, 6) is -2.22. The van der Waals surface area contributed by atoms with Crippen molar-refractivity contribution >= 4 is 34.7 Å². The zero-order valence-electron chi connectivity index (χ0n) is 11.8. The van der Waals surface area contributed by atoms with Crippen molar-refractivity contribution in [1.29, 1.82) is 0 Å². The van der Waals surface area contributed by atoms with E-state index in [1.165, 1.54) is 18.3 Å². The maximum absolute atomic E-state index is 11.6. The molecule has 0 spiro atoms. The number of anilines is 1. The van der Waals surface area contributed by atoms with Crippen LogP contribution >= 0.6 is 11.3 Å². The van der Waals surface area contributed by atoms with Crippen LogP contribution in [0.25, 0.3) is 0 Å². The number of hydrogen-bond donors (Lipinski definition) is 1.